The van der Waals surface area contributed by atoms with Crippen LogP contribution in [0.4, 0.5) is 4.39 Å². The molecule has 118 valence electrons. The lowest BCUT2D eigenvalue weighted by molar-refractivity contribution is 0.0798. The third-order valence-electron chi connectivity index (χ3n) is 2.65. The smallest absolute Gasteiger partial charge is 0.273 e. The van der Waals surface area contributed by atoms with Crippen LogP contribution in [-0.2, 0) is 6.61 Å². The van der Waals surface area contributed by atoms with E-state index in [9.17, 15) is 9.18 Å². The van der Waals surface area contributed by atoms with Gasteiger partial charge in [-0.05, 0) is 12.1 Å². The number of hydrogen-bond donors (Lipinski definition) is 3. The molecule has 1 amide bonds. The molecular weight excluding hydrogens is 295 g/mol. The number of benzene rings is 1. The van der Waals surface area contributed by atoms with E-state index in [1.807, 2.05) is 0 Å². The first kappa shape index (κ1) is 15.9. The van der Waals surface area contributed by atoms with Crippen LogP contribution in [-0.4, -0.2) is 40.4 Å². The standard InChI is InChI=1S/C14H15FN2O5/c15-9-2-1-3-11(4-9)21-8-13-17-12(7-22-13)14(20)16-5-10(19)6-18/h1-4,7,10,18-19H,5-6,8H2,(H,16,20)/t10-/m1/s1. The second-order valence-electron chi connectivity index (χ2n) is 4.42. The Bertz CT molecular complexity index is 631. The van der Waals surface area contributed by atoms with Gasteiger partial charge in [0.15, 0.2) is 12.3 Å². The quantitative estimate of drug-likeness (QED) is 0.687. The number of aliphatic hydroxyl groups excluding tert-OH is 2. The highest BCUT2D eigenvalue weighted by Crippen LogP contribution is 2.14. The molecule has 0 fully saturated rings. The third-order valence-corrected chi connectivity index (χ3v) is 2.65. The van der Waals surface area contributed by atoms with E-state index in [-0.39, 0.29) is 24.7 Å². The fourth-order valence-corrected chi connectivity index (χ4v) is 1.55. The molecule has 1 aromatic carbocycles. The van der Waals surface area contributed by atoms with Crippen LogP contribution in [0, 0.1) is 5.82 Å². The Hall–Kier alpha value is -2.45. The van der Waals surface area contributed by atoms with Gasteiger partial charge in [-0.2, -0.15) is 0 Å². The highest BCUT2D eigenvalue weighted by Gasteiger charge is 2.13. The fourth-order valence-electron chi connectivity index (χ4n) is 1.55. The second-order valence-corrected chi connectivity index (χ2v) is 4.42. The van der Waals surface area contributed by atoms with E-state index in [1.165, 1.54) is 18.2 Å². The number of ether oxygens (including phenoxy) is 1. The summed E-state index contributed by atoms with van der Waals surface area (Å²) in [6.07, 6.45) is 0.108. The van der Waals surface area contributed by atoms with Gasteiger partial charge in [-0.25, -0.2) is 9.37 Å². The summed E-state index contributed by atoms with van der Waals surface area (Å²) in [4.78, 5) is 15.6. The second kappa shape index (κ2) is 7.53. The van der Waals surface area contributed by atoms with Crippen LogP contribution in [0.5, 0.6) is 5.75 Å². The number of oxazole rings is 1. The first-order valence-electron chi connectivity index (χ1n) is 6.48. The molecular formula is C14H15FN2O5. The van der Waals surface area contributed by atoms with Gasteiger partial charge in [0.1, 0.15) is 17.8 Å². The third kappa shape index (κ3) is 4.54. The van der Waals surface area contributed by atoms with E-state index in [0.717, 1.165) is 6.26 Å². The molecule has 3 N–H and O–H groups in total. The number of halogens is 1. The van der Waals surface area contributed by atoms with Gasteiger partial charge in [-0.3, -0.25) is 4.79 Å². The van der Waals surface area contributed by atoms with E-state index in [0.29, 0.717) is 5.75 Å². The molecule has 8 heteroatoms. The van der Waals surface area contributed by atoms with Gasteiger partial charge in [-0.1, -0.05) is 6.07 Å². The molecule has 0 saturated heterocycles. The molecule has 2 aromatic rings. The molecule has 2 rings (SSSR count). The average Bonchev–Trinajstić information content (AvgIpc) is 2.99. The predicted molar refractivity (Wildman–Crippen MR) is 72.7 cm³/mol. The molecule has 1 heterocycles. The molecule has 1 atom stereocenters. The summed E-state index contributed by atoms with van der Waals surface area (Å²) in [5, 5.41) is 20.2. The molecule has 0 bridgehead atoms. The number of hydrogen-bond acceptors (Lipinski definition) is 6. The largest absolute Gasteiger partial charge is 0.484 e. The maximum atomic E-state index is 13.0. The number of nitrogens with one attached hydrogen (secondary N) is 1. The van der Waals surface area contributed by atoms with Crippen molar-refractivity contribution in [1.82, 2.24) is 10.3 Å². The monoisotopic (exact) mass is 310 g/mol. The maximum absolute atomic E-state index is 13.0. The maximum Gasteiger partial charge on any atom is 0.273 e. The van der Waals surface area contributed by atoms with Crippen molar-refractivity contribution in [3.05, 3.63) is 47.9 Å². The Kier molecular flexibility index (Phi) is 5.45. The van der Waals surface area contributed by atoms with Crippen LogP contribution in [0.3, 0.4) is 0 Å². The van der Waals surface area contributed by atoms with Gasteiger partial charge in [-0.15, -0.1) is 0 Å². The van der Waals surface area contributed by atoms with Crippen molar-refractivity contribution in [2.45, 2.75) is 12.7 Å². The normalized spacial score (nSPS) is 12.0. The van der Waals surface area contributed by atoms with Gasteiger partial charge in [0.2, 0.25) is 5.89 Å². The summed E-state index contributed by atoms with van der Waals surface area (Å²) < 4.78 is 23.3. The van der Waals surface area contributed by atoms with Gasteiger partial charge in [0.05, 0.1) is 12.7 Å². The van der Waals surface area contributed by atoms with Gasteiger partial charge >= 0.3 is 0 Å². The lowest BCUT2D eigenvalue weighted by Gasteiger charge is -2.06. The Labute approximate surface area is 125 Å². The van der Waals surface area contributed by atoms with Crippen molar-refractivity contribution >= 4 is 5.91 Å². The first-order chi connectivity index (χ1) is 10.6. The van der Waals surface area contributed by atoms with E-state index in [1.54, 1.807) is 6.07 Å². The molecule has 22 heavy (non-hydrogen) atoms. The number of carbonyl (C=O) groups excluding carboxylic acids is 1. The Morgan fingerprint density at radius 1 is 1.50 bits per heavy atom. The number of amides is 1. The van der Waals surface area contributed by atoms with Crippen LogP contribution in [0.2, 0.25) is 0 Å². The van der Waals surface area contributed by atoms with Crippen molar-refractivity contribution < 1.29 is 28.6 Å². The molecule has 0 saturated carbocycles. The molecule has 0 radical (unpaired) electrons. The highest BCUT2D eigenvalue weighted by molar-refractivity contribution is 5.91. The number of aromatic nitrogens is 1. The highest BCUT2D eigenvalue weighted by atomic mass is 19.1. The van der Waals surface area contributed by atoms with Crippen molar-refractivity contribution in [2.75, 3.05) is 13.2 Å². The summed E-state index contributed by atoms with van der Waals surface area (Å²) in [5.74, 6) is -0.506. The minimum absolute atomic E-state index is 0.0167. The molecule has 0 aliphatic rings. The SMILES string of the molecule is O=C(NC[C@@H](O)CO)c1coc(COc2cccc(F)c2)n1. The number of carbonyl (C=O) groups is 1. The van der Waals surface area contributed by atoms with Gasteiger partial charge in [0, 0.05) is 12.6 Å². The number of rotatable bonds is 7. The molecule has 1 aromatic heterocycles. The fraction of sp³-hybridized carbons (Fsp3) is 0.286. The number of aliphatic hydroxyl groups is 2. The number of nitrogens with zero attached hydrogens (tertiary/aromatic N) is 1. The molecule has 0 aliphatic heterocycles. The van der Waals surface area contributed by atoms with E-state index < -0.39 is 24.4 Å². The van der Waals surface area contributed by atoms with E-state index in [2.05, 4.69) is 10.3 Å². The van der Waals surface area contributed by atoms with Gasteiger partial charge in [0.25, 0.3) is 5.91 Å². The predicted octanol–water partition coefficient (Wildman–Crippen LogP) is 0.476. The van der Waals surface area contributed by atoms with E-state index >= 15 is 0 Å². The van der Waals surface area contributed by atoms with Crippen molar-refractivity contribution in [2.24, 2.45) is 0 Å². The minimum atomic E-state index is -1.04. The molecule has 0 spiro atoms. The Morgan fingerprint density at radius 3 is 3.05 bits per heavy atom. The molecule has 7 nitrogen and oxygen atoms in total. The zero-order valence-corrected chi connectivity index (χ0v) is 11.5. The van der Waals surface area contributed by atoms with Crippen LogP contribution < -0.4 is 10.1 Å². The molecule has 0 aliphatic carbocycles. The lowest BCUT2D eigenvalue weighted by atomic mass is 10.3. The summed E-state index contributed by atoms with van der Waals surface area (Å²) in [6, 6.07) is 5.59. The van der Waals surface area contributed by atoms with Crippen molar-refractivity contribution in [3.8, 4) is 5.75 Å². The van der Waals surface area contributed by atoms with Crippen LogP contribution in [0.25, 0.3) is 0 Å². The Morgan fingerprint density at radius 2 is 2.32 bits per heavy atom. The lowest BCUT2D eigenvalue weighted by Crippen LogP contribution is -2.34. The summed E-state index contributed by atoms with van der Waals surface area (Å²) in [6.45, 7) is -0.612. The van der Waals surface area contributed by atoms with Gasteiger partial charge < -0.3 is 24.7 Å². The average molecular weight is 310 g/mol. The zero-order valence-electron chi connectivity index (χ0n) is 11.5. The molecule has 0 unspecified atom stereocenters. The zero-order chi connectivity index (χ0) is 15.9. The Balaban J connectivity index is 1.87. The van der Waals surface area contributed by atoms with Crippen LogP contribution in [0.1, 0.15) is 16.4 Å². The summed E-state index contributed by atoms with van der Waals surface area (Å²) in [7, 11) is 0. The van der Waals surface area contributed by atoms with Crippen LogP contribution in [0.15, 0.2) is 34.9 Å². The van der Waals surface area contributed by atoms with Crippen molar-refractivity contribution in [3.63, 3.8) is 0 Å². The first-order valence-corrected chi connectivity index (χ1v) is 6.48. The minimum Gasteiger partial charge on any atom is -0.484 e. The summed E-state index contributed by atoms with van der Waals surface area (Å²) in [5.41, 5.74) is 0.0167. The topological polar surface area (TPSA) is 105 Å². The summed E-state index contributed by atoms with van der Waals surface area (Å²) >= 11 is 0. The van der Waals surface area contributed by atoms with Crippen LogP contribution >= 0.6 is 0 Å². The van der Waals surface area contributed by atoms with Crippen molar-refractivity contribution in [1.29, 1.82) is 0 Å². The van der Waals surface area contributed by atoms with E-state index in [4.69, 9.17) is 19.4 Å².